The number of rotatable bonds is 4. The van der Waals surface area contributed by atoms with Crippen LogP contribution < -0.4 is 10.9 Å². The number of anilines is 1. The normalized spacial score (nSPS) is 13.7. The van der Waals surface area contributed by atoms with E-state index >= 15 is 0 Å². The molecule has 1 aromatic heterocycles. The van der Waals surface area contributed by atoms with Crippen LogP contribution in [0, 0.1) is 10.1 Å². The van der Waals surface area contributed by atoms with E-state index in [1.54, 1.807) is 18.2 Å². The SMILES string of the molecule is O=C(NNc1ccccc1[N+](=O)[O-])c1cc2c(s1)CCCCC2. The van der Waals surface area contributed by atoms with Gasteiger partial charge >= 0.3 is 0 Å². The van der Waals surface area contributed by atoms with E-state index in [-0.39, 0.29) is 17.3 Å². The predicted octanol–water partition coefficient (Wildman–Crippen LogP) is 3.68. The molecule has 6 nitrogen and oxygen atoms in total. The Bertz CT molecular complexity index is 718. The smallest absolute Gasteiger partial charge is 0.292 e. The Morgan fingerprint density at radius 3 is 2.78 bits per heavy atom. The number of para-hydroxylation sites is 2. The fourth-order valence-electron chi connectivity index (χ4n) is 2.70. The molecule has 23 heavy (non-hydrogen) atoms. The number of nitro benzene ring substituents is 1. The molecule has 0 saturated heterocycles. The number of hydrazine groups is 1. The Morgan fingerprint density at radius 2 is 1.96 bits per heavy atom. The number of amides is 1. The molecule has 0 fully saturated rings. The van der Waals surface area contributed by atoms with Gasteiger partial charge in [-0.1, -0.05) is 18.6 Å². The number of aryl methyl sites for hydroxylation is 2. The number of nitro groups is 1. The lowest BCUT2D eigenvalue weighted by molar-refractivity contribution is -0.384. The van der Waals surface area contributed by atoms with Gasteiger partial charge in [0.15, 0.2) is 0 Å². The lowest BCUT2D eigenvalue weighted by Gasteiger charge is -2.07. The molecule has 1 aliphatic carbocycles. The molecule has 1 amide bonds. The summed E-state index contributed by atoms with van der Waals surface area (Å²) < 4.78 is 0. The molecule has 0 unspecified atom stereocenters. The molecule has 0 aliphatic heterocycles. The number of nitrogens with zero attached hydrogens (tertiary/aromatic N) is 1. The molecule has 120 valence electrons. The Morgan fingerprint density at radius 1 is 1.17 bits per heavy atom. The lowest BCUT2D eigenvalue weighted by Crippen LogP contribution is -2.29. The molecule has 0 spiro atoms. The third kappa shape index (κ3) is 3.50. The van der Waals surface area contributed by atoms with Crippen molar-refractivity contribution < 1.29 is 9.72 Å². The van der Waals surface area contributed by atoms with Gasteiger partial charge < -0.3 is 0 Å². The molecule has 7 heteroatoms. The average molecular weight is 331 g/mol. The van der Waals surface area contributed by atoms with E-state index in [1.807, 2.05) is 6.07 Å². The number of carbonyl (C=O) groups excluding carboxylic acids is 1. The molecule has 1 heterocycles. The Hall–Kier alpha value is -2.41. The van der Waals surface area contributed by atoms with Crippen LogP contribution in [-0.2, 0) is 12.8 Å². The molecule has 1 aromatic carbocycles. The average Bonchev–Trinajstić information content (AvgIpc) is 2.84. The number of fused-ring (bicyclic) bond motifs is 1. The van der Waals surface area contributed by atoms with Crippen LogP contribution in [0.4, 0.5) is 11.4 Å². The van der Waals surface area contributed by atoms with Gasteiger partial charge in [0.25, 0.3) is 11.6 Å². The van der Waals surface area contributed by atoms with Gasteiger partial charge in [-0.05, 0) is 43.4 Å². The van der Waals surface area contributed by atoms with Crippen molar-refractivity contribution in [3.63, 3.8) is 0 Å². The molecule has 0 radical (unpaired) electrons. The molecule has 2 aromatic rings. The summed E-state index contributed by atoms with van der Waals surface area (Å²) in [5.74, 6) is -0.263. The standard InChI is InChI=1S/C16H17N3O3S/c20-16(15-10-11-6-2-1-3-9-14(11)23-15)18-17-12-7-4-5-8-13(12)19(21)22/h4-5,7-8,10,17H,1-3,6,9H2,(H,18,20). The first-order chi connectivity index (χ1) is 11.1. The summed E-state index contributed by atoms with van der Waals surface area (Å²) in [4.78, 5) is 24.7. The highest BCUT2D eigenvalue weighted by Crippen LogP contribution is 2.29. The first kappa shape index (κ1) is 15.5. The van der Waals surface area contributed by atoms with E-state index in [0.717, 1.165) is 12.8 Å². The van der Waals surface area contributed by atoms with E-state index in [4.69, 9.17) is 0 Å². The van der Waals surface area contributed by atoms with Crippen molar-refractivity contribution in [2.75, 3.05) is 5.43 Å². The molecule has 3 rings (SSSR count). The van der Waals surface area contributed by atoms with Crippen molar-refractivity contribution in [1.29, 1.82) is 0 Å². The molecule has 0 saturated carbocycles. The first-order valence-electron chi connectivity index (χ1n) is 7.56. The lowest BCUT2D eigenvalue weighted by atomic mass is 10.1. The van der Waals surface area contributed by atoms with Gasteiger partial charge in [0.2, 0.25) is 0 Å². The van der Waals surface area contributed by atoms with Crippen LogP contribution >= 0.6 is 11.3 Å². The summed E-state index contributed by atoms with van der Waals surface area (Å²) >= 11 is 1.52. The Labute approximate surface area is 137 Å². The minimum Gasteiger partial charge on any atom is -0.292 e. The van der Waals surface area contributed by atoms with Crippen molar-refractivity contribution in [3.8, 4) is 0 Å². The summed E-state index contributed by atoms with van der Waals surface area (Å²) in [6.45, 7) is 0. The second kappa shape index (κ2) is 6.78. The number of nitrogens with one attached hydrogen (secondary N) is 2. The highest BCUT2D eigenvalue weighted by atomic mass is 32.1. The maximum absolute atomic E-state index is 12.3. The summed E-state index contributed by atoms with van der Waals surface area (Å²) in [6.07, 6.45) is 5.63. The summed E-state index contributed by atoms with van der Waals surface area (Å²) in [6, 6.07) is 8.15. The van der Waals surface area contributed by atoms with Crippen LogP contribution in [0.3, 0.4) is 0 Å². The number of hydrogen-bond acceptors (Lipinski definition) is 5. The monoisotopic (exact) mass is 331 g/mol. The van der Waals surface area contributed by atoms with Crippen LogP contribution in [0.25, 0.3) is 0 Å². The summed E-state index contributed by atoms with van der Waals surface area (Å²) in [7, 11) is 0. The Kier molecular flexibility index (Phi) is 4.57. The first-order valence-corrected chi connectivity index (χ1v) is 8.38. The zero-order valence-corrected chi connectivity index (χ0v) is 13.3. The maximum Gasteiger partial charge on any atom is 0.294 e. The van der Waals surface area contributed by atoms with Gasteiger partial charge in [0.1, 0.15) is 5.69 Å². The molecule has 2 N–H and O–H groups in total. The number of carbonyl (C=O) groups is 1. The van der Waals surface area contributed by atoms with Gasteiger partial charge in [-0.3, -0.25) is 25.8 Å². The van der Waals surface area contributed by atoms with Crippen LogP contribution in [0.1, 0.15) is 39.4 Å². The fraction of sp³-hybridized carbons (Fsp3) is 0.312. The van der Waals surface area contributed by atoms with Crippen molar-refractivity contribution in [2.24, 2.45) is 0 Å². The minimum atomic E-state index is -0.484. The summed E-state index contributed by atoms with van der Waals surface area (Å²) in [5, 5.41) is 11.0. The third-order valence-electron chi connectivity index (χ3n) is 3.88. The quantitative estimate of drug-likeness (QED) is 0.508. The van der Waals surface area contributed by atoms with E-state index < -0.39 is 4.92 Å². The van der Waals surface area contributed by atoms with Gasteiger partial charge in [-0.25, -0.2) is 0 Å². The second-order valence-electron chi connectivity index (χ2n) is 5.47. The molecule has 0 atom stereocenters. The highest BCUT2D eigenvalue weighted by molar-refractivity contribution is 7.14. The third-order valence-corrected chi connectivity index (χ3v) is 5.12. The van der Waals surface area contributed by atoms with Gasteiger partial charge in [-0.2, -0.15) is 0 Å². The summed E-state index contributed by atoms with van der Waals surface area (Å²) in [5.41, 5.74) is 6.66. The van der Waals surface area contributed by atoms with E-state index in [0.29, 0.717) is 4.88 Å². The molecular formula is C16H17N3O3S. The van der Waals surface area contributed by atoms with E-state index in [1.165, 1.54) is 47.1 Å². The van der Waals surface area contributed by atoms with E-state index in [2.05, 4.69) is 10.9 Å². The molecule has 0 bridgehead atoms. The van der Waals surface area contributed by atoms with Crippen LogP contribution in [0.5, 0.6) is 0 Å². The van der Waals surface area contributed by atoms with Gasteiger partial charge in [0, 0.05) is 10.9 Å². The molecular weight excluding hydrogens is 314 g/mol. The topological polar surface area (TPSA) is 84.3 Å². The number of hydrogen-bond donors (Lipinski definition) is 2. The predicted molar refractivity (Wildman–Crippen MR) is 89.8 cm³/mol. The number of benzene rings is 1. The fourth-order valence-corrected chi connectivity index (χ4v) is 3.85. The van der Waals surface area contributed by atoms with Crippen molar-refractivity contribution in [2.45, 2.75) is 32.1 Å². The van der Waals surface area contributed by atoms with Crippen LogP contribution in [-0.4, -0.2) is 10.8 Å². The second-order valence-corrected chi connectivity index (χ2v) is 6.61. The number of thiophene rings is 1. The largest absolute Gasteiger partial charge is 0.294 e. The van der Waals surface area contributed by atoms with Crippen molar-refractivity contribution in [1.82, 2.24) is 5.43 Å². The minimum absolute atomic E-state index is 0.0743. The van der Waals surface area contributed by atoms with Crippen molar-refractivity contribution in [3.05, 3.63) is 55.8 Å². The van der Waals surface area contributed by atoms with E-state index in [9.17, 15) is 14.9 Å². The maximum atomic E-state index is 12.3. The Balaban J connectivity index is 1.70. The van der Waals surface area contributed by atoms with Crippen molar-refractivity contribution >= 4 is 28.6 Å². The van der Waals surface area contributed by atoms with Crippen LogP contribution in [0.2, 0.25) is 0 Å². The highest BCUT2D eigenvalue weighted by Gasteiger charge is 2.17. The van der Waals surface area contributed by atoms with Gasteiger partial charge in [0.05, 0.1) is 9.80 Å². The van der Waals surface area contributed by atoms with Gasteiger partial charge in [-0.15, -0.1) is 11.3 Å². The molecule has 1 aliphatic rings. The zero-order valence-electron chi connectivity index (χ0n) is 12.5. The zero-order chi connectivity index (χ0) is 16.2. The van der Waals surface area contributed by atoms with Crippen LogP contribution in [0.15, 0.2) is 30.3 Å².